The molecular weight excluding hydrogens is 208 g/mol. The lowest BCUT2D eigenvalue weighted by Gasteiger charge is -2.19. The second-order valence-corrected chi connectivity index (χ2v) is 3.98. The number of rotatable bonds is 5. The summed E-state index contributed by atoms with van der Waals surface area (Å²) in [6, 6.07) is -0.318. The molecule has 1 rings (SSSR count). The number of aromatic nitrogens is 1. The van der Waals surface area contributed by atoms with Crippen LogP contribution < -0.4 is 5.32 Å². The van der Waals surface area contributed by atoms with Gasteiger partial charge in [0.05, 0.1) is 12.8 Å². The summed E-state index contributed by atoms with van der Waals surface area (Å²) in [7, 11) is 1.39. The summed E-state index contributed by atoms with van der Waals surface area (Å²) in [6.07, 6.45) is 1.40. The Morgan fingerprint density at radius 3 is 2.75 bits per heavy atom. The Labute approximate surface area is 95.2 Å². The van der Waals surface area contributed by atoms with Crippen LogP contribution in [0.2, 0.25) is 0 Å². The number of hydrogen-bond acceptors (Lipinski definition) is 5. The Balaban J connectivity index is 2.57. The number of esters is 1. The fourth-order valence-electron chi connectivity index (χ4n) is 1.42. The Morgan fingerprint density at radius 2 is 2.31 bits per heavy atom. The molecule has 0 fully saturated rings. The standard InChI is InChI=1S/C11H18N2O3/c1-7(2)10(11(14)15-4)12-5-9-8(3)16-6-13-9/h6-7,10,12H,5H2,1-4H3. The first-order chi connectivity index (χ1) is 7.56. The lowest BCUT2D eigenvalue weighted by Crippen LogP contribution is -2.41. The largest absolute Gasteiger partial charge is 0.468 e. The molecule has 1 heterocycles. The van der Waals surface area contributed by atoms with E-state index in [1.165, 1.54) is 13.5 Å². The molecule has 0 amide bonds. The van der Waals surface area contributed by atoms with E-state index in [1.807, 2.05) is 20.8 Å². The van der Waals surface area contributed by atoms with Crippen LogP contribution in [0, 0.1) is 12.8 Å². The average molecular weight is 226 g/mol. The third kappa shape index (κ3) is 3.06. The summed E-state index contributed by atoms with van der Waals surface area (Å²) < 4.78 is 9.81. The van der Waals surface area contributed by atoms with Crippen LogP contribution in [0.25, 0.3) is 0 Å². The third-order valence-electron chi connectivity index (χ3n) is 2.46. The maximum absolute atomic E-state index is 11.5. The lowest BCUT2D eigenvalue weighted by atomic mass is 10.0. The van der Waals surface area contributed by atoms with Gasteiger partial charge in [0.1, 0.15) is 11.8 Å². The van der Waals surface area contributed by atoms with Crippen molar-refractivity contribution in [1.82, 2.24) is 10.3 Å². The van der Waals surface area contributed by atoms with Gasteiger partial charge in [-0.1, -0.05) is 13.8 Å². The zero-order valence-corrected chi connectivity index (χ0v) is 10.1. The number of carbonyl (C=O) groups excluding carboxylic acids is 1. The van der Waals surface area contributed by atoms with E-state index >= 15 is 0 Å². The third-order valence-corrected chi connectivity index (χ3v) is 2.46. The predicted molar refractivity (Wildman–Crippen MR) is 58.7 cm³/mol. The van der Waals surface area contributed by atoms with Crippen molar-refractivity contribution in [3.8, 4) is 0 Å². The van der Waals surface area contributed by atoms with Crippen LogP contribution in [-0.2, 0) is 16.1 Å². The van der Waals surface area contributed by atoms with E-state index in [0.29, 0.717) is 6.54 Å². The highest BCUT2D eigenvalue weighted by Gasteiger charge is 2.22. The molecule has 0 radical (unpaired) electrons. The Hall–Kier alpha value is -1.36. The normalized spacial score (nSPS) is 12.8. The maximum Gasteiger partial charge on any atom is 0.323 e. The molecule has 16 heavy (non-hydrogen) atoms. The van der Waals surface area contributed by atoms with Crippen LogP contribution in [0.3, 0.4) is 0 Å². The SMILES string of the molecule is COC(=O)C(NCc1ncoc1C)C(C)C. The number of nitrogens with zero attached hydrogens (tertiary/aromatic N) is 1. The van der Waals surface area contributed by atoms with Crippen LogP contribution in [0.15, 0.2) is 10.8 Å². The molecule has 1 atom stereocenters. The molecule has 0 saturated heterocycles. The lowest BCUT2D eigenvalue weighted by molar-refractivity contribution is -0.144. The first-order valence-corrected chi connectivity index (χ1v) is 5.26. The summed E-state index contributed by atoms with van der Waals surface area (Å²) >= 11 is 0. The number of nitrogens with one attached hydrogen (secondary N) is 1. The van der Waals surface area contributed by atoms with E-state index < -0.39 is 0 Å². The molecule has 5 heteroatoms. The highest BCUT2D eigenvalue weighted by atomic mass is 16.5. The number of carbonyl (C=O) groups is 1. The summed E-state index contributed by atoms with van der Waals surface area (Å²) in [5.74, 6) is 0.677. The zero-order valence-electron chi connectivity index (χ0n) is 10.1. The van der Waals surface area contributed by atoms with Gasteiger partial charge in [0.15, 0.2) is 6.39 Å². The van der Waals surface area contributed by atoms with Crippen molar-refractivity contribution in [2.45, 2.75) is 33.4 Å². The molecule has 0 aromatic carbocycles. The van der Waals surface area contributed by atoms with Gasteiger partial charge in [0, 0.05) is 6.54 Å². The molecule has 5 nitrogen and oxygen atoms in total. The highest BCUT2D eigenvalue weighted by molar-refractivity contribution is 5.75. The number of methoxy groups -OCH3 is 1. The van der Waals surface area contributed by atoms with E-state index in [9.17, 15) is 4.79 Å². The monoisotopic (exact) mass is 226 g/mol. The van der Waals surface area contributed by atoms with Crippen molar-refractivity contribution in [1.29, 1.82) is 0 Å². The predicted octanol–water partition coefficient (Wildman–Crippen LogP) is 1.27. The molecule has 0 aliphatic carbocycles. The van der Waals surface area contributed by atoms with Gasteiger partial charge < -0.3 is 9.15 Å². The van der Waals surface area contributed by atoms with Crippen molar-refractivity contribution < 1.29 is 13.9 Å². The van der Waals surface area contributed by atoms with E-state index in [-0.39, 0.29) is 17.9 Å². The maximum atomic E-state index is 11.5. The number of hydrogen-bond donors (Lipinski definition) is 1. The van der Waals surface area contributed by atoms with Crippen LogP contribution in [0.1, 0.15) is 25.3 Å². The van der Waals surface area contributed by atoms with Crippen molar-refractivity contribution >= 4 is 5.97 Å². The van der Waals surface area contributed by atoms with E-state index in [4.69, 9.17) is 9.15 Å². The number of ether oxygens (including phenoxy) is 1. The molecule has 1 aromatic rings. The minimum atomic E-state index is -0.318. The molecule has 0 aliphatic heterocycles. The van der Waals surface area contributed by atoms with E-state index in [1.54, 1.807) is 0 Å². The van der Waals surface area contributed by atoms with Gasteiger partial charge in [-0.25, -0.2) is 4.98 Å². The summed E-state index contributed by atoms with van der Waals surface area (Å²) in [4.78, 5) is 15.5. The van der Waals surface area contributed by atoms with Crippen molar-refractivity contribution in [2.24, 2.45) is 5.92 Å². The van der Waals surface area contributed by atoms with Crippen LogP contribution in [0.5, 0.6) is 0 Å². The summed E-state index contributed by atoms with van der Waals surface area (Å²) in [6.45, 7) is 6.27. The van der Waals surface area contributed by atoms with Crippen molar-refractivity contribution in [2.75, 3.05) is 7.11 Å². The quantitative estimate of drug-likeness (QED) is 0.766. The highest BCUT2D eigenvalue weighted by Crippen LogP contribution is 2.08. The van der Waals surface area contributed by atoms with Gasteiger partial charge in [0.25, 0.3) is 0 Å². The molecule has 0 spiro atoms. The molecule has 0 aliphatic rings. The Kier molecular flexibility index (Phi) is 4.49. The first kappa shape index (κ1) is 12.7. The van der Waals surface area contributed by atoms with Crippen molar-refractivity contribution in [3.63, 3.8) is 0 Å². The molecule has 90 valence electrons. The Morgan fingerprint density at radius 1 is 1.62 bits per heavy atom. The fourth-order valence-corrected chi connectivity index (χ4v) is 1.42. The van der Waals surface area contributed by atoms with Gasteiger partial charge in [-0.3, -0.25) is 10.1 Å². The molecule has 1 N–H and O–H groups in total. The topological polar surface area (TPSA) is 64.4 Å². The van der Waals surface area contributed by atoms with Crippen LogP contribution in [0.4, 0.5) is 0 Å². The number of oxazole rings is 1. The molecule has 0 saturated carbocycles. The molecule has 0 bridgehead atoms. The minimum absolute atomic E-state index is 0.166. The second kappa shape index (κ2) is 5.65. The van der Waals surface area contributed by atoms with Gasteiger partial charge in [-0.15, -0.1) is 0 Å². The van der Waals surface area contributed by atoms with E-state index in [2.05, 4.69) is 10.3 Å². The number of aryl methyl sites for hydroxylation is 1. The minimum Gasteiger partial charge on any atom is -0.468 e. The van der Waals surface area contributed by atoms with Gasteiger partial charge in [-0.05, 0) is 12.8 Å². The second-order valence-electron chi connectivity index (χ2n) is 3.98. The van der Waals surface area contributed by atoms with Crippen molar-refractivity contribution in [3.05, 3.63) is 17.8 Å². The smallest absolute Gasteiger partial charge is 0.323 e. The van der Waals surface area contributed by atoms with Crippen LogP contribution >= 0.6 is 0 Å². The fraction of sp³-hybridized carbons (Fsp3) is 0.636. The average Bonchev–Trinajstić information content (AvgIpc) is 2.64. The van der Waals surface area contributed by atoms with Gasteiger partial charge in [0.2, 0.25) is 0 Å². The van der Waals surface area contributed by atoms with Gasteiger partial charge >= 0.3 is 5.97 Å². The zero-order chi connectivity index (χ0) is 12.1. The first-order valence-electron chi connectivity index (χ1n) is 5.26. The molecule has 1 unspecified atom stereocenters. The summed E-state index contributed by atoms with van der Waals surface area (Å²) in [5.41, 5.74) is 0.814. The van der Waals surface area contributed by atoms with E-state index in [0.717, 1.165) is 11.5 Å². The van der Waals surface area contributed by atoms with Crippen LogP contribution in [-0.4, -0.2) is 24.1 Å². The summed E-state index contributed by atoms with van der Waals surface area (Å²) in [5, 5.41) is 3.12. The molecular formula is C11H18N2O3. The Bertz CT molecular complexity index is 347. The van der Waals surface area contributed by atoms with Gasteiger partial charge in [-0.2, -0.15) is 0 Å². The molecule has 1 aromatic heterocycles.